The maximum atomic E-state index is 12.0. The lowest BCUT2D eigenvalue weighted by molar-refractivity contribution is -0.384. The summed E-state index contributed by atoms with van der Waals surface area (Å²) in [5.41, 5.74) is 0.151. The summed E-state index contributed by atoms with van der Waals surface area (Å²) in [7, 11) is -1.94. The molecule has 10 heteroatoms. The van der Waals surface area contributed by atoms with Crippen molar-refractivity contribution in [3.8, 4) is 5.75 Å². The summed E-state index contributed by atoms with van der Waals surface area (Å²) in [4.78, 5) is 22.2. The van der Waals surface area contributed by atoms with Gasteiger partial charge < -0.3 is 10.1 Å². The Labute approximate surface area is 127 Å². The molecule has 0 bridgehead atoms. The van der Waals surface area contributed by atoms with Gasteiger partial charge in [-0.2, -0.15) is 0 Å². The smallest absolute Gasteiger partial charge is 0.273 e. The summed E-state index contributed by atoms with van der Waals surface area (Å²) >= 11 is 0. The van der Waals surface area contributed by atoms with E-state index in [4.69, 9.17) is 4.74 Å². The third kappa shape index (κ3) is 3.34. The molecule has 1 aliphatic rings. The average molecular weight is 329 g/mol. The average Bonchev–Trinajstić information content (AvgIpc) is 2.35. The van der Waals surface area contributed by atoms with Crippen molar-refractivity contribution < 1.29 is 22.9 Å². The summed E-state index contributed by atoms with van der Waals surface area (Å²) in [6.07, 6.45) is 1.08. The number of hydrogen-bond donors (Lipinski definition) is 1. The number of carbonyl (C=O) groups excluding carboxylic acids is 1. The van der Waals surface area contributed by atoms with Crippen LogP contribution in [-0.4, -0.2) is 50.0 Å². The number of hydrogen-bond acceptors (Lipinski definition) is 6. The summed E-state index contributed by atoms with van der Waals surface area (Å²) in [6.45, 7) is 0.250. The second-order valence-corrected chi connectivity index (χ2v) is 6.89. The van der Waals surface area contributed by atoms with E-state index in [2.05, 4.69) is 5.32 Å². The summed E-state index contributed by atoms with van der Waals surface area (Å²) in [5, 5.41) is 13.3. The molecule has 0 atom stereocenters. The predicted octanol–water partition coefficient (Wildman–Crippen LogP) is 0.433. The van der Waals surface area contributed by atoms with Crippen LogP contribution >= 0.6 is 0 Å². The van der Waals surface area contributed by atoms with Gasteiger partial charge in [0.1, 0.15) is 5.75 Å². The van der Waals surface area contributed by atoms with Gasteiger partial charge in [0.25, 0.3) is 5.69 Å². The van der Waals surface area contributed by atoms with E-state index in [-0.39, 0.29) is 30.4 Å². The molecule has 1 amide bonds. The molecular formula is C12H15N3O6S. The van der Waals surface area contributed by atoms with Crippen molar-refractivity contribution in [2.45, 2.75) is 0 Å². The molecule has 0 unspecified atom stereocenters. The van der Waals surface area contributed by atoms with Gasteiger partial charge in [-0.15, -0.1) is 0 Å². The van der Waals surface area contributed by atoms with E-state index in [9.17, 15) is 23.3 Å². The molecule has 1 saturated heterocycles. The molecule has 0 radical (unpaired) electrons. The molecule has 1 N–H and O–H groups in total. The molecule has 0 aliphatic carbocycles. The van der Waals surface area contributed by atoms with Crippen molar-refractivity contribution >= 4 is 27.3 Å². The summed E-state index contributed by atoms with van der Waals surface area (Å²) in [5.74, 6) is -0.636. The number of nitrogens with zero attached hydrogens (tertiary/aromatic N) is 2. The van der Waals surface area contributed by atoms with Crippen LogP contribution in [0.3, 0.4) is 0 Å². The van der Waals surface area contributed by atoms with Gasteiger partial charge in [-0.3, -0.25) is 14.9 Å². The van der Waals surface area contributed by atoms with Crippen LogP contribution in [0.2, 0.25) is 0 Å². The van der Waals surface area contributed by atoms with Crippen LogP contribution in [0.5, 0.6) is 5.75 Å². The zero-order valence-corrected chi connectivity index (χ0v) is 12.8. The number of anilines is 1. The Morgan fingerprint density at radius 3 is 2.59 bits per heavy atom. The Bertz CT molecular complexity index is 712. The monoisotopic (exact) mass is 329 g/mol. The second kappa shape index (κ2) is 5.89. The third-order valence-corrected chi connectivity index (χ3v) is 4.58. The van der Waals surface area contributed by atoms with Gasteiger partial charge in [-0.05, 0) is 6.07 Å². The Hall–Kier alpha value is -2.20. The Morgan fingerprint density at radius 2 is 2.09 bits per heavy atom. The minimum Gasteiger partial charge on any atom is -0.494 e. The van der Waals surface area contributed by atoms with Crippen molar-refractivity contribution in [2.24, 2.45) is 5.92 Å². The van der Waals surface area contributed by atoms with Gasteiger partial charge in [0.15, 0.2) is 0 Å². The van der Waals surface area contributed by atoms with Crippen molar-refractivity contribution in [3.63, 3.8) is 0 Å². The van der Waals surface area contributed by atoms with Crippen LogP contribution < -0.4 is 10.1 Å². The molecule has 2 rings (SSSR count). The number of methoxy groups -OCH3 is 1. The number of carbonyl (C=O) groups is 1. The number of amides is 1. The minimum atomic E-state index is -3.28. The fourth-order valence-electron chi connectivity index (χ4n) is 2.01. The number of nitro groups is 1. The first-order chi connectivity index (χ1) is 10.2. The van der Waals surface area contributed by atoms with Gasteiger partial charge in [0, 0.05) is 19.2 Å². The largest absolute Gasteiger partial charge is 0.494 e. The molecule has 22 heavy (non-hydrogen) atoms. The van der Waals surface area contributed by atoms with Crippen molar-refractivity contribution in [3.05, 3.63) is 28.3 Å². The van der Waals surface area contributed by atoms with Crippen LogP contribution in [0.15, 0.2) is 18.2 Å². The Balaban J connectivity index is 2.05. The number of ether oxygens (including phenoxy) is 1. The summed E-state index contributed by atoms with van der Waals surface area (Å²) < 4.78 is 28.7. The van der Waals surface area contributed by atoms with Crippen LogP contribution in [0, 0.1) is 16.0 Å². The van der Waals surface area contributed by atoms with Gasteiger partial charge in [-0.25, -0.2) is 12.7 Å². The van der Waals surface area contributed by atoms with E-state index in [0.29, 0.717) is 5.69 Å². The van der Waals surface area contributed by atoms with Crippen LogP contribution in [0.25, 0.3) is 0 Å². The zero-order chi connectivity index (χ0) is 16.5. The molecular weight excluding hydrogens is 314 g/mol. The molecule has 9 nitrogen and oxygen atoms in total. The van der Waals surface area contributed by atoms with Crippen LogP contribution in [0.1, 0.15) is 0 Å². The maximum absolute atomic E-state index is 12.0. The zero-order valence-electron chi connectivity index (χ0n) is 12.0. The molecule has 1 aliphatic heterocycles. The highest BCUT2D eigenvalue weighted by atomic mass is 32.2. The van der Waals surface area contributed by atoms with E-state index >= 15 is 0 Å². The normalized spacial score (nSPS) is 15.9. The van der Waals surface area contributed by atoms with Crippen LogP contribution in [0.4, 0.5) is 11.4 Å². The molecule has 0 aromatic heterocycles. The molecule has 1 heterocycles. The number of nitrogens with one attached hydrogen (secondary N) is 1. The molecule has 0 saturated carbocycles. The first kappa shape index (κ1) is 16.2. The van der Waals surface area contributed by atoms with Crippen LogP contribution in [-0.2, 0) is 14.8 Å². The van der Waals surface area contributed by atoms with Gasteiger partial charge in [0.2, 0.25) is 15.9 Å². The Morgan fingerprint density at radius 1 is 1.45 bits per heavy atom. The maximum Gasteiger partial charge on any atom is 0.273 e. The SMILES string of the molecule is COc1cc([N+](=O)[O-])ccc1NC(=O)C1CN(S(C)(=O)=O)C1. The first-order valence-electron chi connectivity index (χ1n) is 6.31. The lowest BCUT2D eigenvalue weighted by Gasteiger charge is -2.35. The second-order valence-electron chi connectivity index (χ2n) is 4.91. The van der Waals surface area contributed by atoms with E-state index < -0.39 is 20.9 Å². The highest BCUT2D eigenvalue weighted by Gasteiger charge is 2.37. The molecule has 1 fully saturated rings. The molecule has 120 valence electrons. The van der Waals surface area contributed by atoms with Gasteiger partial charge >= 0.3 is 0 Å². The molecule has 1 aromatic rings. The predicted molar refractivity (Wildman–Crippen MR) is 78.2 cm³/mol. The standard InChI is InChI=1S/C12H15N3O6S/c1-21-11-5-9(15(17)18)3-4-10(11)13-12(16)8-6-14(7-8)22(2,19)20/h3-5,8H,6-7H2,1-2H3,(H,13,16). The summed E-state index contributed by atoms with van der Waals surface area (Å²) in [6, 6.07) is 3.84. The highest BCUT2D eigenvalue weighted by molar-refractivity contribution is 7.88. The molecule has 1 aromatic carbocycles. The number of non-ortho nitro benzene ring substituents is 1. The molecule has 0 spiro atoms. The van der Waals surface area contributed by atoms with Gasteiger partial charge in [0.05, 0.1) is 36.0 Å². The lowest BCUT2D eigenvalue weighted by atomic mass is 10.0. The number of rotatable bonds is 5. The van der Waals surface area contributed by atoms with E-state index in [1.807, 2.05) is 0 Å². The van der Waals surface area contributed by atoms with E-state index in [0.717, 1.165) is 6.26 Å². The lowest BCUT2D eigenvalue weighted by Crippen LogP contribution is -2.53. The highest BCUT2D eigenvalue weighted by Crippen LogP contribution is 2.30. The first-order valence-corrected chi connectivity index (χ1v) is 8.15. The van der Waals surface area contributed by atoms with Crippen molar-refractivity contribution in [2.75, 3.05) is 31.8 Å². The topological polar surface area (TPSA) is 119 Å². The fraction of sp³-hybridized carbons (Fsp3) is 0.417. The third-order valence-electron chi connectivity index (χ3n) is 3.34. The number of sulfonamides is 1. The number of nitro benzene ring substituents is 1. The number of benzene rings is 1. The van der Waals surface area contributed by atoms with Crippen molar-refractivity contribution in [1.29, 1.82) is 0 Å². The van der Waals surface area contributed by atoms with Gasteiger partial charge in [-0.1, -0.05) is 0 Å². The van der Waals surface area contributed by atoms with Crippen molar-refractivity contribution in [1.82, 2.24) is 4.31 Å². The quantitative estimate of drug-likeness (QED) is 0.618. The Kier molecular flexibility index (Phi) is 4.33. The fourth-order valence-corrected chi connectivity index (χ4v) is 2.91. The minimum absolute atomic E-state index is 0.125. The van der Waals surface area contributed by atoms with E-state index in [1.54, 1.807) is 0 Å². The van der Waals surface area contributed by atoms with E-state index in [1.165, 1.54) is 29.6 Å².